The van der Waals surface area contributed by atoms with Crippen molar-refractivity contribution in [3.05, 3.63) is 52.3 Å². The lowest BCUT2D eigenvalue weighted by atomic mass is 10.2. The van der Waals surface area contributed by atoms with E-state index in [1.54, 1.807) is 22.3 Å². The van der Waals surface area contributed by atoms with Crippen LogP contribution in [0.3, 0.4) is 0 Å². The summed E-state index contributed by atoms with van der Waals surface area (Å²) in [5, 5.41) is 15.4. The first kappa shape index (κ1) is 13.7. The number of nitrogens with one attached hydrogen (secondary N) is 1. The van der Waals surface area contributed by atoms with Gasteiger partial charge < -0.3 is 0 Å². The third-order valence-corrected chi connectivity index (χ3v) is 3.73. The molecule has 1 amide bonds. The van der Waals surface area contributed by atoms with Gasteiger partial charge in [0.1, 0.15) is 5.51 Å². The lowest BCUT2D eigenvalue weighted by Crippen LogP contribution is -2.13. The standard InChI is InChI=1S/C13H10ClN5OS/c1-8-11(12(20)17-13-18-15-7-21-13)6-16-19(8)10-4-2-3-9(14)5-10/h2-7H,1H3,(H,17,18,20). The highest BCUT2D eigenvalue weighted by Gasteiger charge is 2.16. The normalized spacial score (nSPS) is 10.6. The van der Waals surface area contributed by atoms with Crippen LogP contribution in [0.25, 0.3) is 5.69 Å². The maximum absolute atomic E-state index is 12.2. The Labute approximate surface area is 129 Å². The van der Waals surface area contributed by atoms with Gasteiger partial charge >= 0.3 is 0 Å². The quantitative estimate of drug-likeness (QED) is 0.805. The van der Waals surface area contributed by atoms with Gasteiger partial charge in [0, 0.05) is 5.02 Å². The zero-order valence-electron chi connectivity index (χ0n) is 10.9. The van der Waals surface area contributed by atoms with Crippen LogP contribution in [-0.4, -0.2) is 25.9 Å². The second-order valence-electron chi connectivity index (χ2n) is 4.23. The second kappa shape index (κ2) is 5.63. The molecule has 0 bridgehead atoms. The third-order valence-electron chi connectivity index (χ3n) is 2.89. The minimum atomic E-state index is -0.266. The van der Waals surface area contributed by atoms with Crippen molar-refractivity contribution < 1.29 is 4.79 Å². The van der Waals surface area contributed by atoms with Crippen molar-refractivity contribution in [3.8, 4) is 5.69 Å². The average molecular weight is 320 g/mol. The molecular formula is C13H10ClN5OS. The Morgan fingerprint density at radius 1 is 1.43 bits per heavy atom. The van der Waals surface area contributed by atoms with Crippen LogP contribution in [0.15, 0.2) is 36.0 Å². The molecule has 1 aromatic carbocycles. The highest BCUT2D eigenvalue weighted by atomic mass is 35.5. The van der Waals surface area contributed by atoms with Crippen molar-refractivity contribution in [1.82, 2.24) is 20.0 Å². The van der Waals surface area contributed by atoms with Crippen LogP contribution < -0.4 is 5.32 Å². The smallest absolute Gasteiger partial charge is 0.260 e. The number of nitrogens with zero attached hydrogens (tertiary/aromatic N) is 4. The van der Waals surface area contributed by atoms with E-state index in [2.05, 4.69) is 20.6 Å². The van der Waals surface area contributed by atoms with Gasteiger partial charge in [0.2, 0.25) is 5.13 Å². The van der Waals surface area contributed by atoms with Gasteiger partial charge in [-0.25, -0.2) is 4.68 Å². The molecule has 8 heteroatoms. The molecule has 0 radical (unpaired) electrons. The molecular weight excluding hydrogens is 310 g/mol. The fourth-order valence-corrected chi connectivity index (χ4v) is 2.52. The molecule has 0 aliphatic heterocycles. The van der Waals surface area contributed by atoms with E-state index in [-0.39, 0.29) is 5.91 Å². The number of aromatic nitrogens is 4. The van der Waals surface area contributed by atoms with Crippen molar-refractivity contribution in [2.75, 3.05) is 5.32 Å². The van der Waals surface area contributed by atoms with E-state index < -0.39 is 0 Å². The number of hydrogen-bond acceptors (Lipinski definition) is 5. The van der Waals surface area contributed by atoms with E-state index in [1.165, 1.54) is 17.5 Å². The summed E-state index contributed by atoms with van der Waals surface area (Å²) in [6, 6.07) is 7.28. The van der Waals surface area contributed by atoms with Crippen molar-refractivity contribution >= 4 is 34.0 Å². The Morgan fingerprint density at radius 2 is 2.29 bits per heavy atom. The number of anilines is 1. The van der Waals surface area contributed by atoms with E-state index in [0.29, 0.717) is 15.7 Å². The number of amides is 1. The largest absolute Gasteiger partial charge is 0.296 e. The van der Waals surface area contributed by atoms with Crippen molar-refractivity contribution in [2.24, 2.45) is 0 Å². The lowest BCUT2D eigenvalue weighted by Gasteiger charge is -2.05. The summed E-state index contributed by atoms with van der Waals surface area (Å²) in [5.41, 5.74) is 3.55. The molecule has 3 rings (SSSR count). The lowest BCUT2D eigenvalue weighted by molar-refractivity contribution is 0.102. The highest BCUT2D eigenvalue weighted by molar-refractivity contribution is 7.13. The number of carbonyl (C=O) groups is 1. The van der Waals surface area contributed by atoms with Crippen molar-refractivity contribution in [2.45, 2.75) is 6.92 Å². The van der Waals surface area contributed by atoms with Gasteiger partial charge in [-0.3, -0.25) is 10.1 Å². The Balaban J connectivity index is 1.90. The minimum absolute atomic E-state index is 0.266. The number of benzene rings is 1. The van der Waals surface area contributed by atoms with E-state index in [4.69, 9.17) is 11.6 Å². The van der Waals surface area contributed by atoms with Gasteiger partial charge in [-0.1, -0.05) is 29.0 Å². The minimum Gasteiger partial charge on any atom is -0.296 e. The van der Waals surface area contributed by atoms with Gasteiger partial charge in [0.05, 0.1) is 23.1 Å². The van der Waals surface area contributed by atoms with Crippen LogP contribution >= 0.6 is 22.9 Å². The Bertz CT molecular complexity index is 784. The molecule has 1 N–H and O–H groups in total. The first-order valence-electron chi connectivity index (χ1n) is 6.03. The number of halogens is 1. The molecule has 21 heavy (non-hydrogen) atoms. The maximum Gasteiger partial charge on any atom is 0.260 e. The molecule has 0 aliphatic carbocycles. The summed E-state index contributed by atoms with van der Waals surface area (Å²) in [5.74, 6) is -0.266. The average Bonchev–Trinajstić information content (AvgIpc) is 3.08. The molecule has 0 aliphatic rings. The molecule has 3 aromatic rings. The predicted molar refractivity (Wildman–Crippen MR) is 81.2 cm³/mol. The topological polar surface area (TPSA) is 72.7 Å². The van der Waals surface area contributed by atoms with Crippen molar-refractivity contribution in [3.63, 3.8) is 0 Å². The van der Waals surface area contributed by atoms with Crippen LogP contribution in [0.1, 0.15) is 16.1 Å². The molecule has 0 atom stereocenters. The molecule has 0 fully saturated rings. The Hall–Kier alpha value is -2.25. The summed E-state index contributed by atoms with van der Waals surface area (Å²) in [7, 11) is 0. The monoisotopic (exact) mass is 319 g/mol. The van der Waals surface area contributed by atoms with Crippen LogP contribution in [0.5, 0.6) is 0 Å². The third kappa shape index (κ3) is 2.79. The number of rotatable bonds is 3. The fourth-order valence-electron chi connectivity index (χ4n) is 1.89. The van der Waals surface area contributed by atoms with Crippen LogP contribution in [-0.2, 0) is 0 Å². The number of carbonyl (C=O) groups excluding carboxylic acids is 1. The Kier molecular flexibility index (Phi) is 3.68. The van der Waals surface area contributed by atoms with Crippen LogP contribution in [0.2, 0.25) is 5.02 Å². The van der Waals surface area contributed by atoms with E-state index in [9.17, 15) is 4.79 Å². The van der Waals surface area contributed by atoms with Gasteiger partial charge in [-0.05, 0) is 25.1 Å². The summed E-state index contributed by atoms with van der Waals surface area (Å²) in [6.07, 6.45) is 1.52. The van der Waals surface area contributed by atoms with E-state index in [1.807, 2.05) is 19.1 Å². The van der Waals surface area contributed by atoms with Gasteiger partial charge in [0.15, 0.2) is 0 Å². The van der Waals surface area contributed by atoms with Crippen LogP contribution in [0, 0.1) is 6.92 Å². The maximum atomic E-state index is 12.2. The first-order chi connectivity index (χ1) is 10.1. The van der Waals surface area contributed by atoms with Gasteiger partial charge in [0.25, 0.3) is 5.91 Å². The zero-order valence-corrected chi connectivity index (χ0v) is 12.5. The zero-order chi connectivity index (χ0) is 14.8. The first-order valence-corrected chi connectivity index (χ1v) is 7.29. The predicted octanol–water partition coefficient (Wildman–Crippen LogP) is 2.94. The Morgan fingerprint density at radius 3 is 3.00 bits per heavy atom. The van der Waals surface area contributed by atoms with E-state index in [0.717, 1.165) is 11.4 Å². The molecule has 0 saturated carbocycles. The molecule has 0 unspecified atom stereocenters. The molecule has 0 saturated heterocycles. The fraction of sp³-hybridized carbons (Fsp3) is 0.0769. The molecule has 2 heterocycles. The molecule has 106 valence electrons. The highest BCUT2D eigenvalue weighted by Crippen LogP contribution is 2.19. The van der Waals surface area contributed by atoms with E-state index >= 15 is 0 Å². The summed E-state index contributed by atoms with van der Waals surface area (Å²) in [6.45, 7) is 1.82. The van der Waals surface area contributed by atoms with Gasteiger partial charge in [-0.15, -0.1) is 10.2 Å². The summed E-state index contributed by atoms with van der Waals surface area (Å²) >= 11 is 7.24. The van der Waals surface area contributed by atoms with Crippen LogP contribution in [0.4, 0.5) is 5.13 Å². The summed E-state index contributed by atoms with van der Waals surface area (Å²) < 4.78 is 1.67. The molecule has 2 aromatic heterocycles. The SMILES string of the molecule is Cc1c(C(=O)Nc2nncs2)cnn1-c1cccc(Cl)c1. The van der Waals surface area contributed by atoms with Crippen molar-refractivity contribution in [1.29, 1.82) is 0 Å². The molecule has 0 spiro atoms. The molecule has 6 nitrogen and oxygen atoms in total. The van der Waals surface area contributed by atoms with Gasteiger partial charge in [-0.2, -0.15) is 5.10 Å². The number of hydrogen-bond donors (Lipinski definition) is 1. The second-order valence-corrected chi connectivity index (χ2v) is 5.50. The summed E-state index contributed by atoms with van der Waals surface area (Å²) in [4.78, 5) is 12.2.